The number of nitrogens with zero attached hydrogens (tertiary/aromatic N) is 2. The Hall–Kier alpha value is -2.40. The van der Waals surface area contributed by atoms with E-state index in [2.05, 4.69) is 52.3 Å². The van der Waals surface area contributed by atoms with Gasteiger partial charge in [0.05, 0.1) is 5.69 Å². The van der Waals surface area contributed by atoms with Gasteiger partial charge in [0.25, 0.3) is 0 Å². The van der Waals surface area contributed by atoms with Crippen molar-refractivity contribution in [3.05, 3.63) is 95.8 Å². The van der Waals surface area contributed by atoms with Gasteiger partial charge in [-0.1, -0.05) is 48.5 Å². The second kappa shape index (κ2) is 9.69. The molecule has 1 aromatic heterocycles. The highest BCUT2D eigenvalue weighted by molar-refractivity contribution is 5.85. The zero-order valence-corrected chi connectivity index (χ0v) is 16.6. The number of pyridine rings is 1. The Morgan fingerprint density at radius 3 is 2.57 bits per heavy atom. The maximum atomic E-state index is 6.42. The first-order valence-corrected chi connectivity index (χ1v) is 9.42. The second-order valence-corrected chi connectivity index (χ2v) is 7.13. The Balaban J connectivity index is 0.00000225. The van der Waals surface area contributed by atoms with Gasteiger partial charge in [0.2, 0.25) is 0 Å². The summed E-state index contributed by atoms with van der Waals surface area (Å²) < 4.78 is 5.90. The van der Waals surface area contributed by atoms with Gasteiger partial charge in [0.15, 0.2) is 0 Å². The number of nitrogens with two attached hydrogens (primary N) is 1. The van der Waals surface area contributed by atoms with Gasteiger partial charge in [-0.3, -0.25) is 9.88 Å². The molecule has 146 valence electrons. The molecule has 2 N–H and O–H groups in total. The first-order chi connectivity index (χ1) is 13.3. The molecule has 1 fully saturated rings. The van der Waals surface area contributed by atoms with Gasteiger partial charge >= 0.3 is 0 Å². The van der Waals surface area contributed by atoms with E-state index in [4.69, 9.17) is 10.5 Å². The molecule has 28 heavy (non-hydrogen) atoms. The first-order valence-electron chi connectivity index (χ1n) is 9.42. The summed E-state index contributed by atoms with van der Waals surface area (Å²) in [6, 6.07) is 24.9. The van der Waals surface area contributed by atoms with Crippen LogP contribution in [0.25, 0.3) is 0 Å². The highest BCUT2D eigenvalue weighted by atomic mass is 35.5. The third-order valence-corrected chi connectivity index (χ3v) is 5.09. The van der Waals surface area contributed by atoms with E-state index in [0.29, 0.717) is 12.5 Å². The Bertz CT molecular complexity index is 860. The molecule has 0 unspecified atom stereocenters. The highest BCUT2D eigenvalue weighted by Crippen LogP contribution is 2.28. The van der Waals surface area contributed by atoms with Crippen LogP contribution in [-0.4, -0.2) is 29.0 Å². The number of hydrogen-bond acceptors (Lipinski definition) is 4. The Morgan fingerprint density at radius 1 is 0.964 bits per heavy atom. The van der Waals surface area contributed by atoms with Crippen LogP contribution in [0.4, 0.5) is 0 Å². The summed E-state index contributed by atoms with van der Waals surface area (Å²) in [6.07, 6.45) is 1.79. The SMILES string of the molecule is Cl.N[C@@H]1CN(Cc2cccc(OCc3ccccn3)c2)C[C@H]1c1ccccc1. The summed E-state index contributed by atoms with van der Waals surface area (Å²) in [5.74, 6) is 1.27. The summed E-state index contributed by atoms with van der Waals surface area (Å²) in [5.41, 5.74) is 9.93. The van der Waals surface area contributed by atoms with Crippen molar-refractivity contribution in [2.75, 3.05) is 13.1 Å². The van der Waals surface area contributed by atoms with E-state index in [0.717, 1.165) is 31.1 Å². The minimum Gasteiger partial charge on any atom is -0.487 e. The van der Waals surface area contributed by atoms with Crippen molar-refractivity contribution in [1.82, 2.24) is 9.88 Å². The molecule has 0 amide bonds. The normalized spacial score (nSPS) is 19.2. The van der Waals surface area contributed by atoms with E-state index in [1.165, 1.54) is 11.1 Å². The predicted octanol–water partition coefficient (Wildman–Crippen LogP) is 4.01. The fourth-order valence-electron chi connectivity index (χ4n) is 3.73. The lowest BCUT2D eigenvalue weighted by Gasteiger charge is -2.17. The maximum Gasteiger partial charge on any atom is 0.130 e. The van der Waals surface area contributed by atoms with Gasteiger partial charge in [-0.25, -0.2) is 0 Å². The summed E-state index contributed by atoms with van der Waals surface area (Å²) in [6.45, 7) is 3.27. The molecule has 1 aliphatic heterocycles. The summed E-state index contributed by atoms with van der Waals surface area (Å²) >= 11 is 0. The van der Waals surface area contributed by atoms with Crippen LogP contribution in [-0.2, 0) is 13.2 Å². The number of aromatic nitrogens is 1. The monoisotopic (exact) mass is 395 g/mol. The van der Waals surface area contributed by atoms with E-state index < -0.39 is 0 Å². The maximum absolute atomic E-state index is 6.42. The number of likely N-dealkylation sites (tertiary alicyclic amines) is 1. The fraction of sp³-hybridized carbons (Fsp3) is 0.261. The molecule has 3 aromatic rings. The zero-order chi connectivity index (χ0) is 18.5. The molecular weight excluding hydrogens is 370 g/mol. The predicted molar refractivity (Wildman–Crippen MR) is 115 cm³/mol. The van der Waals surface area contributed by atoms with Gasteiger partial charge < -0.3 is 10.5 Å². The van der Waals surface area contributed by atoms with Gasteiger partial charge in [-0.2, -0.15) is 0 Å². The van der Waals surface area contributed by atoms with Crippen molar-refractivity contribution >= 4 is 12.4 Å². The lowest BCUT2D eigenvalue weighted by Crippen LogP contribution is -2.28. The fourth-order valence-corrected chi connectivity index (χ4v) is 3.73. The molecule has 1 saturated heterocycles. The molecule has 0 radical (unpaired) electrons. The Morgan fingerprint density at radius 2 is 1.79 bits per heavy atom. The standard InChI is InChI=1S/C23H25N3O.ClH/c24-23-16-26(15-22(23)19-8-2-1-3-9-19)14-18-7-6-11-21(13-18)27-17-20-10-4-5-12-25-20;/h1-13,22-23H,14-17,24H2;1H/t22-,23+;/m0./s1. The molecule has 5 heteroatoms. The minimum atomic E-state index is 0. The molecule has 2 heterocycles. The molecule has 4 rings (SSSR count). The number of ether oxygens (including phenoxy) is 1. The van der Waals surface area contributed by atoms with Crippen LogP contribution in [0.5, 0.6) is 5.75 Å². The van der Waals surface area contributed by atoms with Crippen LogP contribution in [0.2, 0.25) is 0 Å². The Kier molecular flexibility index (Phi) is 7.04. The number of benzene rings is 2. The molecule has 0 saturated carbocycles. The minimum absolute atomic E-state index is 0. The molecule has 4 nitrogen and oxygen atoms in total. The van der Waals surface area contributed by atoms with Crippen LogP contribution in [0, 0.1) is 0 Å². The lowest BCUT2D eigenvalue weighted by molar-refractivity contribution is 0.298. The van der Waals surface area contributed by atoms with Crippen LogP contribution >= 0.6 is 12.4 Å². The van der Waals surface area contributed by atoms with Crippen molar-refractivity contribution < 1.29 is 4.74 Å². The van der Waals surface area contributed by atoms with Crippen LogP contribution in [0.15, 0.2) is 79.0 Å². The van der Waals surface area contributed by atoms with E-state index in [1.807, 2.05) is 30.3 Å². The van der Waals surface area contributed by atoms with Crippen molar-refractivity contribution in [2.24, 2.45) is 5.73 Å². The van der Waals surface area contributed by atoms with Crippen LogP contribution in [0.3, 0.4) is 0 Å². The van der Waals surface area contributed by atoms with Crippen molar-refractivity contribution in [3.8, 4) is 5.75 Å². The van der Waals surface area contributed by atoms with Crippen molar-refractivity contribution in [3.63, 3.8) is 0 Å². The molecule has 2 aromatic carbocycles. The molecule has 0 spiro atoms. The van der Waals surface area contributed by atoms with E-state index in [-0.39, 0.29) is 18.4 Å². The molecule has 0 aliphatic carbocycles. The number of rotatable bonds is 6. The van der Waals surface area contributed by atoms with E-state index in [9.17, 15) is 0 Å². The van der Waals surface area contributed by atoms with Gasteiger partial charge in [-0.15, -0.1) is 12.4 Å². The number of hydrogen-bond donors (Lipinski definition) is 1. The number of halogens is 1. The molecular formula is C23H26ClN3O. The van der Waals surface area contributed by atoms with E-state index >= 15 is 0 Å². The topological polar surface area (TPSA) is 51.4 Å². The third-order valence-electron chi connectivity index (χ3n) is 5.09. The van der Waals surface area contributed by atoms with Crippen molar-refractivity contribution in [1.29, 1.82) is 0 Å². The Labute approximate surface area is 172 Å². The van der Waals surface area contributed by atoms with Crippen LogP contribution < -0.4 is 10.5 Å². The quantitative estimate of drug-likeness (QED) is 0.685. The summed E-state index contributed by atoms with van der Waals surface area (Å²) in [5, 5.41) is 0. The first kappa shape index (κ1) is 20.3. The second-order valence-electron chi connectivity index (χ2n) is 7.13. The van der Waals surface area contributed by atoms with Gasteiger partial charge in [0.1, 0.15) is 12.4 Å². The van der Waals surface area contributed by atoms with E-state index in [1.54, 1.807) is 6.20 Å². The largest absolute Gasteiger partial charge is 0.487 e. The average Bonchev–Trinajstić information content (AvgIpc) is 3.08. The summed E-state index contributed by atoms with van der Waals surface area (Å²) in [4.78, 5) is 6.73. The molecule has 0 bridgehead atoms. The van der Waals surface area contributed by atoms with Crippen molar-refractivity contribution in [2.45, 2.75) is 25.1 Å². The third kappa shape index (κ3) is 5.10. The summed E-state index contributed by atoms with van der Waals surface area (Å²) in [7, 11) is 0. The van der Waals surface area contributed by atoms with Gasteiger partial charge in [0, 0.05) is 37.8 Å². The highest BCUT2D eigenvalue weighted by Gasteiger charge is 2.30. The molecule has 1 aliphatic rings. The molecule has 2 atom stereocenters. The lowest BCUT2D eigenvalue weighted by atomic mass is 9.95. The average molecular weight is 396 g/mol. The van der Waals surface area contributed by atoms with Gasteiger partial charge in [-0.05, 0) is 35.4 Å². The zero-order valence-electron chi connectivity index (χ0n) is 15.8. The smallest absolute Gasteiger partial charge is 0.130 e. The van der Waals surface area contributed by atoms with Crippen LogP contribution in [0.1, 0.15) is 22.7 Å².